The zero-order valence-corrected chi connectivity index (χ0v) is 25.5. The lowest BCUT2D eigenvalue weighted by Gasteiger charge is -2.50. The topological polar surface area (TPSA) is 124 Å². The third-order valence-electron chi connectivity index (χ3n) is 9.22. The van der Waals surface area contributed by atoms with Crippen molar-refractivity contribution >= 4 is 62.8 Å². The molecule has 6 rings (SSSR count). The quantitative estimate of drug-likeness (QED) is 0.205. The lowest BCUT2D eigenvalue weighted by atomic mass is 9.56. The Hall–Kier alpha value is -3.08. The SMILES string of the molecule is COc1ccc([C@H]2C3=CC[C@@H]4C(=O)N(CCc5ccc(O)cc5)C(=O)[C@@H]4[C@@H]3C[C@@]3(Cl)C(=O)N(CBr)C(=O)[C@@]23Cl)c(O)c1. The highest BCUT2D eigenvalue weighted by Crippen LogP contribution is 2.66. The summed E-state index contributed by atoms with van der Waals surface area (Å²) in [6, 6.07) is 11.1. The van der Waals surface area contributed by atoms with Crippen molar-refractivity contribution in [2.75, 3.05) is 19.1 Å². The number of halogens is 3. The molecule has 4 aliphatic rings. The fourth-order valence-corrected chi connectivity index (χ4v) is 8.60. The van der Waals surface area contributed by atoms with Crippen LogP contribution in [0.5, 0.6) is 17.2 Å². The molecule has 0 aromatic heterocycles. The smallest absolute Gasteiger partial charge is 0.254 e. The van der Waals surface area contributed by atoms with Crippen LogP contribution in [-0.2, 0) is 25.6 Å². The molecule has 2 heterocycles. The molecule has 2 N–H and O–H groups in total. The van der Waals surface area contributed by atoms with Gasteiger partial charge >= 0.3 is 0 Å². The van der Waals surface area contributed by atoms with Gasteiger partial charge < -0.3 is 14.9 Å². The molecule has 42 heavy (non-hydrogen) atoms. The van der Waals surface area contributed by atoms with E-state index in [9.17, 15) is 29.4 Å². The lowest BCUT2D eigenvalue weighted by Crippen LogP contribution is -2.60. The van der Waals surface area contributed by atoms with Gasteiger partial charge in [-0.1, -0.05) is 45.8 Å². The van der Waals surface area contributed by atoms with Gasteiger partial charge in [0.05, 0.1) is 24.4 Å². The molecule has 2 aliphatic heterocycles. The average Bonchev–Trinajstić information content (AvgIpc) is 3.30. The molecule has 1 saturated carbocycles. The molecule has 3 fully saturated rings. The first-order chi connectivity index (χ1) is 20.0. The second kappa shape index (κ2) is 10.3. The third kappa shape index (κ3) is 3.94. The van der Waals surface area contributed by atoms with Gasteiger partial charge in [-0.2, -0.15) is 0 Å². The normalized spacial score (nSPS) is 32.0. The zero-order valence-electron chi connectivity index (χ0n) is 22.4. The molecule has 0 radical (unpaired) electrons. The first-order valence-corrected chi connectivity index (χ1v) is 15.4. The van der Waals surface area contributed by atoms with Crippen molar-refractivity contribution in [3.05, 3.63) is 65.2 Å². The van der Waals surface area contributed by atoms with Crippen LogP contribution in [0.4, 0.5) is 0 Å². The number of ether oxygens (including phenoxy) is 1. The standard InChI is InChI=1S/C30H27BrCl2N2O7/c1-42-17-6-7-19(22(37)12-17)24-18-8-9-20-23(21(18)13-29(32)27(40)35(14-31)28(41)30(24,29)33)26(39)34(25(20)38)11-10-15-2-4-16(36)5-3-15/h2-8,12,20-21,23-24,36-37H,9-11,13-14H2,1H3/t20-,21+,23-,24+,29+,30-/m0/s1. The van der Waals surface area contributed by atoms with Gasteiger partial charge in [0, 0.05) is 24.1 Å². The first kappa shape index (κ1) is 29.0. The van der Waals surface area contributed by atoms with Crippen molar-refractivity contribution in [2.24, 2.45) is 17.8 Å². The van der Waals surface area contributed by atoms with Crippen molar-refractivity contribution in [2.45, 2.75) is 34.9 Å². The highest BCUT2D eigenvalue weighted by molar-refractivity contribution is 9.09. The monoisotopic (exact) mass is 676 g/mol. The van der Waals surface area contributed by atoms with Crippen molar-refractivity contribution in [3.63, 3.8) is 0 Å². The van der Waals surface area contributed by atoms with Crippen molar-refractivity contribution < 1.29 is 34.1 Å². The second-order valence-electron chi connectivity index (χ2n) is 11.2. The molecule has 0 unspecified atom stereocenters. The number of imide groups is 2. The van der Waals surface area contributed by atoms with E-state index in [1.165, 1.54) is 18.1 Å². The van der Waals surface area contributed by atoms with Crippen molar-refractivity contribution in [1.29, 1.82) is 0 Å². The number of carbonyl (C=O) groups is 4. The predicted octanol–water partition coefficient (Wildman–Crippen LogP) is 4.06. The minimum absolute atomic E-state index is 0.121. The first-order valence-electron chi connectivity index (χ1n) is 13.5. The molecule has 9 nitrogen and oxygen atoms in total. The zero-order chi connectivity index (χ0) is 30.1. The van der Waals surface area contributed by atoms with Crippen LogP contribution < -0.4 is 4.74 Å². The predicted molar refractivity (Wildman–Crippen MR) is 157 cm³/mol. The molecular weight excluding hydrogens is 651 g/mol. The van der Waals surface area contributed by atoms with Crippen LogP contribution in [0.2, 0.25) is 0 Å². The van der Waals surface area contributed by atoms with Crippen LogP contribution in [0.25, 0.3) is 0 Å². The summed E-state index contributed by atoms with van der Waals surface area (Å²) in [5.74, 6) is -4.97. The van der Waals surface area contributed by atoms with E-state index in [4.69, 9.17) is 27.9 Å². The van der Waals surface area contributed by atoms with Gasteiger partial charge in [-0.15, -0.1) is 23.2 Å². The van der Waals surface area contributed by atoms with Gasteiger partial charge in [0.25, 0.3) is 11.8 Å². The van der Waals surface area contributed by atoms with Crippen LogP contribution >= 0.6 is 39.1 Å². The molecule has 2 aliphatic carbocycles. The molecule has 2 aromatic carbocycles. The van der Waals surface area contributed by atoms with E-state index >= 15 is 0 Å². The number of hydrogen-bond acceptors (Lipinski definition) is 7. The number of amides is 4. The molecule has 220 valence electrons. The fourth-order valence-electron chi connectivity index (χ4n) is 7.18. The number of phenolic OH excluding ortho intramolecular Hbond substituents is 2. The summed E-state index contributed by atoms with van der Waals surface area (Å²) in [4.78, 5) is 53.3. The number of allylic oxidation sites excluding steroid dienone is 2. The summed E-state index contributed by atoms with van der Waals surface area (Å²) in [6.45, 7) is 0.153. The van der Waals surface area contributed by atoms with E-state index in [0.29, 0.717) is 17.7 Å². The summed E-state index contributed by atoms with van der Waals surface area (Å²) >= 11 is 17.6. The molecule has 0 spiro atoms. The number of hydrogen-bond donors (Lipinski definition) is 2. The Labute approximate surface area is 260 Å². The second-order valence-corrected chi connectivity index (χ2v) is 12.9. The summed E-state index contributed by atoms with van der Waals surface area (Å²) in [7, 11) is 1.45. The number of carbonyl (C=O) groups excluding carboxylic acids is 4. The Kier molecular flexibility index (Phi) is 7.10. The fraction of sp³-hybridized carbons (Fsp3) is 0.400. The highest BCUT2D eigenvalue weighted by Gasteiger charge is 2.76. The number of aromatic hydroxyl groups is 2. The summed E-state index contributed by atoms with van der Waals surface area (Å²) in [5.41, 5.74) is 1.59. The number of nitrogens with zero attached hydrogens (tertiary/aromatic N) is 2. The van der Waals surface area contributed by atoms with Gasteiger partial charge in [-0.05, 0) is 48.9 Å². The maximum atomic E-state index is 13.9. The largest absolute Gasteiger partial charge is 0.508 e. The minimum Gasteiger partial charge on any atom is -0.508 e. The Morgan fingerprint density at radius 3 is 2.33 bits per heavy atom. The molecule has 2 aromatic rings. The summed E-state index contributed by atoms with van der Waals surface area (Å²) in [6.07, 6.45) is 2.33. The van der Waals surface area contributed by atoms with Crippen LogP contribution in [0.3, 0.4) is 0 Å². The molecule has 6 atom stereocenters. The molecular formula is C30H27BrCl2N2O7. The van der Waals surface area contributed by atoms with E-state index in [-0.39, 0.29) is 53.7 Å². The maximum absolute atomic E-state index is 13.9. The van der Waals surface area contributed by atoms with Crippen LogP contribution in [0.15, 0.2) is 54.1 Å². The molecule has 0 bridgehead atoms. The van der Waals surface area contributed by atoms with Gasteiger partial charge in [-0.25, -0.2) is 0 Å². The highest BCUT2D eigenvalue weighted by atomic mass is 79.9. The third-order valence-corrected chi connectivity index (χ3v) is 11.1. The number of alkyl halides is 3. The Bertz CT molecular complexity index is 1550. The van der Waals surface area contributed by atoms with Crippen molar-refractivity contribution in [1.82, 2.24) is 9.80 Å². The minimum atomic E-state index is -2.00. The van der Waals surface area contributed by atoms with Crippen LogP contribution in [-0.4, -0.2) is 72.5 Å². The van der Waals surface area contributed by atoms with Crippen LogP contribution in [0.1, 0.15) is 29.9 Å². The molecule has 12 heteroatoms. The summed E-state index contributed by atoms with van der Waals surface area (Å²) < 4.78 is 5.23. The number of phenols is 2. The van der Waals surface area contributed by atoms with Crippen LogP contribution in [0, 0.1) is 17.8 Å². The molecule has 2 saturated heterocycles. The van der Waals surface area contributed by atoms with Gasteiger partial charge in [0.2, 0.25) is 11.8 Å². The Morgan fingerprint density at radius 2 is 1.69 bits per heavy atom. The Morgan fingerprint density at radius 1 is 0.976 bits per heavy atom. The number of likely N-dealkylation sites (tertiary alicyclic amines) is 2. The Balaban J connectivity index is 1.42. The number of methoxy groups -OCH3 is 1. The van der Waals surface area contributed by atoms with Gasteiger partial charge in [-0.3, -0.25) is 29.0 Å². The van der Waals surface area contributed by atoms with E-state index in [1.54, 1.807) is 36.4 Å². The van der Waals surface area contributed by atoms with E-state index in [1.807, 2.05) is 6.08 Å². The van der Waals surface area contributed by atoms with Crippen molar-refractivity contribution in [3.8, 4) is 17.2 Å². The van der Waals surface area contributed by atoms with Gasteiger partial charge in [0.15, 0.2) is 9.75 Å². The maximum Gasteiger partial charge on any atom is 0.254 e. The van der Waals surface area contributed by atoms with E-state index in [0.717, 1.165) is 10.5 Å². The number of benzene rings is 2. The van der Waals surface area contributed by atoms with E-state index < -0.39 is 45.2 Å². The summed E-state index contributed by atoms with van der Waals surface area (Å²) in [5, 5.41) is 20.7. The average molecular weight is 678 g/mol. The van der Waals surface area contributed by atoms with E-state index in [2.05, 4.69) is 15.9 Å². The molecule has 4 amide bonds. The van der Waals surface area contributed by atoms with Gasteiger partial charge in [0.1, 0.15) is 17.2 Å². The lowest BCUT2D eigenvalue weighted by molar-refractivity contribution is -0.141. The number of rotatable bonds is 6. The number of fused-ring (bicyclic) bond motifs is 4.